The van der Waals surface area contributed by atoms with Crippen LogP contribution in [0, 0.1) is 0 Å². The van der Waals surface area contributed by atoms with Crippen LogP contribution in [0.5, 0.6) is 0 Å². The van der Waals surface area contributed by atoms with Gasteiger partial charge in [-0.05, 0) is 17.7 Å². The molecule has 1 atom stereocenters. The van der Waals surface area contributed by atoms with E-state index in [4.69, 9.17) is 5.11 Å². The van der Waals surface area contributed by atoms with Gasteiger partial charge in [0.05, 0.1) is 0 Å². The van der Waals surface area contributed by atoms with Crippen molar-refractivity contribution in [1.82, 2.24) is 0 Å². The Morgan fingerprint density at radius 3 is 1.95 bits per heavy atom. The van der Waals surface area contributed by atoms with Gasteiger partial charge in [-0.1, -0.05) is 28.1 Å². The minimum absolute atomic E-state index is 0.148. The number of rotatable bonds is 3. The molecule has 1 unspecified atom stereocenters. The normalized spacial score (nSPS) is 15.4. The molecule has 0 saturated heterocycles. The Hall–Kier alpha value is -0.830. The summed E-state index contributed by atoms with van der Waals surface area (Å²) in [5, 5.41) is 9.12. The van der Waals surface area contributed by atoms with Gasteiger partial charge in [0.2, 0.25) is 0 Å². The average molecular weight is 355 g/mol. The Kier molecular flexibility index (Phi) is 4.21. The van der Waals surface area contributed by atoms with Gasteiger partial charge in [-0.25, -0.2) is 0 Å². The molecule has 1 N–H and O–H groups in total. The summed E-state index contributed by atoms with van der Waals surface area (Å²) in [6.45, 7) is 0. The van der Waals surface area contributed by atoms with Crippen LogP contribution < -0.4 is 0 Å². The number of aliphatic hydroxyl groups is 1. The number of alkyl halides is 7. The van der Waals surface area contributed by atoms with Gasteiger partial charge in [-0.2, -0.15) is 30.7 Å². The molecule has 0 aliphatic carbocycles. The van der Waals surface area contributed by atoms with Crippen molar-refractivity contribution in [2.45, 2.75) is 24.1 Å². The third-order valence-electron chi connectivity index (χ3n) is 2.28. The molecular formula is C10H6BrF7O. The summed E-state index contributed by atoms with van der Waals surface area (Å²) in [5.74, 6) is -12.0. The standard InChI is InChI=1S/C10H6BrF7O/c11-6-3-1-2-5(4-6)7(19)8(12,13)9(14,15)10(16,17)18/h1-4,7,19H. The van der Waals surface area contributed by atoms with Gasteiger partial charge in [-0.3, -0.25) is 0 Å². The molecule has 108 valence electrons. The molecule has 0 amide bonds. The van der Waals surface area contributed by atoms with Crippen molar-refractivity contribution in [1.29, 1.82) is 0 Å². The summed E-state index contributed by atoms with van der Waals surface area (Å²) in [4.78, 5) is 0. The summed E-state index contributed by atoms with van der Waals surface area (Å²) in [6.07, 6.45) is -9.76. The van der Waals surface area contributed by atoms with Gasteiger partial charge < -0.3 is 5.11 Å². The smallest absolute Gasteiger partial charge is 0.382 e. The SMILES string of the molecule is OC(c1cccc(Br)c1)C(F)(F)C(F)(F)C(F)(F)F. The first-order valence-corrected chi connectivity index (χ1v) is 5.46. The number of aliphatic hydroxyl groups excluding tert-OH is 1. The molecule has 0 fully saturated rings. The highest BCUT2D eigenvalue weighted by molar-refractivity contribution is 9.10. The molecule has 0 aliphatic heterocycles. The van der Waals surface area contributed by atoms with Gasteiger partial charge in [0.1, 0.15) is 6.10 Å². The van der Waals surface area contributed by atoms with E-state index in [2.05, 4.69) is 15.9 Å². The van der Waals surface area contributed by atoms with E-state index in [1.807, 2.05) is 0 Å². The highest BCUT2D eigenvalue weighted by atomic mass is 79.9. The Labute approximate surface area is 111 Å². The molecule has 1 aromatic rings. The Morgan fingerprint density at radius 1 is 1.00 bits per heavy atom. The van der Waals surface area contributed by atoms with Crippen LogP contribution in [0.15, 0.2) is 28.7 Å². The zero-order valence-electron chi connectivity index (χ0n) is 8.86. The van der Waals surface area contributed by atoms with E-state index in [0.717, 1.165) is 18.2 Å². The second-order valence-corrected chi connectivity index (χ2v) is 4.57. The van der Waals surface area contributed by atoms with Crippen molar-refractivity contribution < 1.29 is 35.8 Å². The fraction of sp³-hybridized carbons (Fsp3) is 0.400. The second-order valence-electron chi connectivity index (χ2n) is 3.65. The van der Waals surface area contributed by atoms with Crippen molar-refractivity contribution in [2.24, 2.45) is 0 Å². The third-order valence-corrected chi connectivity index (χ3v) is 2.78. The summed E-state index contributed by atoms with van der Waals surface area (Å²) in [7, 11) is 0. The van der Waals surface area contributed by atoms with Gasteiger partial charge in [0, 0.05) is 4.47 Å². The van der Waals surface area contributed by atoms with Crippen molar-refractivity contribution in [3.05, 3.63) is 34.3 Å². The van der Waals surface area contributed by atoms with Crippen molar-refractivity contribution >= 4 is 15.9 Å². The summed E-state index contributed by atoms with van der Waals surface area (Å²) in [5.41, 5.74) is -0.761. The van der Waals surface area contributed by atoms with Crippen LogP contribution in [0.1, 0.15) is 11.7 Å². The fourth-order valence-corrected chi connectivity index (χ4v) is 1.66. The first-order valence-electron chi connectivity index (χ1n) is 4.67. The van der Waals surface area contributed by atoms with Crippen molar-refractivity contribution in [3.63, 3.8) is 0 Å². The highest BCUT2D eigenvalue weighted by Gasteiger charge is 2.75. The van der Waals surface area contributed by atoms with Crippen LogP contribution in [0.3, 0.4) is 0 Å². The van der Waals surface area contributed by atoms with Crippen LogP contribution in [0.4, 0.5) is 30.7 Å². The summed E-state index contributed by atoms with van der Waals surface area (Å²) >= 11 is 2.82. The van der Waals surface area contributed by atoms with E-state index < -0.39 is 29.7 Å². The van der Waals surface area contributed by atoms with Gasteiger partial charge in [0.15, 0.2) is 0 Å². The van der Waals surface area contributed by atoms with E-state index >= 15 is 0 Å². The minimum Gasteiger partial charge on any atom is -0.382 e. The first kappa shape index (κ1) is 16.2. The lowest BCUT2D eigenvalue weighted by atomic mass is 9.98. The first-order chi connectivity index (χ1) is 8.41. The van der Waals surface area contributed by atoms with Crippen molar-refractivity contribution in [2.75, 3.05) is 0 Å². The molecule has 0 spiro atoms. The van der Waals surface area contributed by atoms with E-state index in [-0.39, 0.29) is 4.47 Å². The molecule has 0 heterocycles. The Morgan fingerprint density at radius 2 is 1.53 bits per heavy atom. The number of hydrogen-bond donors (Lipinski definition) is 1. The van der Waals surface area contributed by atoms with Gasteiger partial charge in [-0.15, -0.1) is 0 Å². The van der Waals surface area contributed by atoms with E-state index in [0.29, 0.717) is 0 Å². The zero-order chi connectivity index (χ0) is 15.1. The largest absolute Gasteiger partial charge is 0.459 e. The molecule has 19 heavy (non-hydrogen) atoms. The number of hydrogen-bond acceptors (Lipinski definition) is 1. The highest BCUT2D eigenvalue weighted by Crippen LogP contribution is 2.51. The predicted molar refractivity (Wildman–Crippen MR) is 55.1 cm³/mol. The fourth-order valence-electron chi connectivity index (χ4n) is 1.25. The van der Waals surface area contributed by atoms with Crippen LogP contribution in [-0.4, -0.2) is 23.1 Å². The number of halogens is 8. The molecule has 0 aromatic heterocycles. The third kappa shape index (κ3) is 2.86. The lowest BCUT2D eigenvalue weighted by molar-refractivity contribution is -0.372. The molecule has 1 aromatic carbocycles. The average Bonchev–Trinajstić information content (AvgIpc) is 2.26. The topological polar surface area (TPSA) is 20.2 Å². The molecule has 9 heteroatoms. The van der Waals surface area contributed by atoms with E-state index in [1.54, 1.807) is 0 Å². The zero-order valence-corrected chi connectivity index (χ0v) is 10.4. The minimum atomic E-state index is -6.47. The van der Waals surface area contributed by atoms with Crippen LogP contribution in [0.25, 0.3) is 0 Å². The molecule has 0 radical (unpaired) electrons. The molecule has 0 aliphatic rings. The Bertz CT molecular complexity index is 457. The maximum atomic E-state index is 13.2. The van der Waals surface area contributed by atoms with Gasteiger partial charge >= 0.3 is 18.0 Å². The molecular weight excluding hydrogens is 349 g/mol. The quantitative estimate of drug-likeness (QED) is 0.801. The van der Waals surface area contributed by atoms with Crippen LogP contribution in [0.2, 0.25) is 0 Å². The predicted octanol–water partition coefficient (Wildman–Crippen LogP) is 4.32. The Balaban J connectivity index is 3.20. The molecule has 1 nitrogen and oxygen atoms in total. The summed E-state index contributed by atoms with van der Waals surface area (Å²) < 4.78 is 87.7. The summed E-state index contributed by atoms with van der Waals surface area (Å²) in [6, 6.07) is 4.08. The molecule has 0 bridgehead atoms. The maximum Gasteiger partial charge on any atom is 0.459 e. The lowest BCUT2D eigenvalue weighted by Crippen LogP contribution is -2.54. The van der Waals surface area contributed by atoms with Gasteiger partial charge in [0.25, 0.3) is 0 Å². The molecule has 1 rings (SSSR count). The van der Waals surface area contributed by atoms with E-state index in [1.165, 1.54) is 6.07 Å². The lowest BCUT2D eigenvalue weighted by Gasteiger charge is -2.31. The maximum absolute atomic E-state index is 13.2. The van der Waals surface area contributed by atoms with Crippen LogP contribution in [-0.2, 0) is 0 Å². The second kappa shape index (κ2) is 4.93. The van der Waals surface area contributed by atoms with Crippen molar-refractivity contribution in [3.8, 4) is 0 Å². The molecule has 0 saturated carbocycles. The number of benzene rings is 1. The monoisotopic (exact) mass is 354 g/mol. The van der Waals surface area contributed by atoms with Crippen LogP contribution >= 0.6 is 15.9 Å². The van der Waals surface area contributed by atoms with E-state index in [9.17, 15) is 30.7 Å².